The van der Waals surface area contributed by atoms with Crippen molar-refractivity contribution in [1.29, 1.82) is 0 Å². The maximum Gasteiger partial charge on any atom is 0.259 e. The van der Waals surface area contributed by atoms with E-state index in [4.69, 9.17) is 17.3 Å². The van der Waals surface area contributed by atoms with E-state index in [0.717, 1.165) is 0 Å². The van der Waals surface area contributed by atoms with Gasteiger partial charge in [0.25, 0.3) is 5.56 Å². The minimum absolute atomic E-state index is 0.194. The highest BCUT2D eigenvalue weighted by Gasteiger charge is 2.08. The van der Waals surface area contributed by atoms with Crippen LogP contribution < -0.4 is 11.3 Å². The first kappa shape index (κ1) is 11.7. The third-order valence-corrected chi connectivity index (χ3v) is 3.12. The van der Waals surface area contributed by atoms with Crippen LogP contribution in [-0.2, 0) is 0 Å². The molecule has 5 heteroatoms. The molecule has 3 N–H and O–H groups in total. The minimum atomic E-state index is -0.194. The summed E-state index contributed by atoms with van der Waals surface area (Å²) in [6, 6.07) is 12.2. The lowest BCUT2D eigenvalue weighted by Crippen LogP contribution is -2.10. The second-order valence-corrected chi connectivity index (χ2v) is 4.60. The fourth-order valence-electron chi connectivity index (χ4n) is 1.95. The molecule has 0 aliphatic heterocycles. The largest absolute Gasteiger partial charge is 0.398 e. The van der Waals surface area contributed by atoms with Gasteiger partial charge in [-0.3, -0.25) is 4.79 Å². The topological polar surface area (TPSA) is 71.8 Å². The first-order valence-electron chi connectivity index (χ1n) is 5.69. The molecular formula is C14H10ClN3O. The minimum Gasteiger partial charge on any atom is -0.398 e. The van der Waals surface area contributed by atoms with Gasteiger partial charge in [-0.15, -0.1) is 0 Å². The molecule has 4 nitrogen and oxygen atoms in total. The quantitative estimate of drug-likeness (QED) is 0.669. The fourth-order valence-corrected chi connectivity index (χ4v) is 2.12. The smallest absolute Gasteiger partial charge is 0.259 e. The molecule has 0 fully saturated rings. The number of para-hydroxylation sites is 1. The van der Waals surface area contributed by atoms with Crippen molar-refractivity contribution in [2.24, 2.45) is 0 Å². The molecule has 1 aromatic heterocycles. The number of nitrogens with zero attached hydrogens (tertiary/aromatic N) is 1. The maximum atomic E-state index is 12.0. The highest BCUT2D eigenvalue weighted by molar-refractivity contribution is 6.31. The van der Waals surface area contributed by atoms with Gasteiger partial charge in [0.1, 0.15) is 5.82 Å². The number of rotatable bonds is 1. The van der Waals surface area contributed by atoms with E-state index in [1.807, 2.05) is 6.07 Å². The van der Waals surface area contributed by atoms with Gasteiger partial charge in [-0.05, 0) is 30.3 Å². The van der Waals surface area contributed by atoms with E-state index < -0.39 is 0 Å². The molecule has 0 bridgehead atoms. The van der Waals surface area contributed by atoms with Crippen LogP contribution in [0.5, 0.6) is 0 Å². The standard InChI is InChI=1S/C14H10ClN3O/c15-8-5-6-11(16)10(7-8)13-17-12-4-2-1-3-9(12)14(19)18-13/h1-7H,16H2,(H,17,18,19). The number of aromatic nitrogens is 2. The number of benzene rings is 2. The van der Waals surface area contributed by atoms with Crippen LogP contribution in [0.3, 0.4) is 0 Å². The summed E-state index contributed by atoms with van der Waals surface area (Å²) >= 11 is 5.95. The number of nitrogen functional groups attached to an aromatic ring is 1. The van der Waals surface area contributed by atoms with Gasteiger partial charge in [0.15, 0.2) is 0 Å². The molecule has 19 heavy (non-hydrogen) atoms. The van der Waals surface area contributed by atoms with E-state index in [2.05, 4.69) is 9.97 Å². The van der Waals surface area contributed by atoms with Crippen LogP contribution in [0.1, 0.15) is 0 Å². The zero-order valence-electron chi connectivity index (χ0n) is 9.85. The molecule has 0 saturated carbocycles. The van der Waals surface area contributed by atoms with Crippen LogP contribution >= 0.6 is 11.6 Å². The predicted octanol–water partition coefficient (Wildman–Crippen LogP) is 2.83. The first-order chi connectivity index (χ1) is 9.15. The number of anilines is 1. The van der Waals surface area contributed by atoms with Crippen molar-refractivity contribution in [2.75, 3.05) is 5.73 Å². The Hall–Kier alpha value is -2.33. The Morgan fingerprint density at radius 1 is 1.16 bits per heavy atom. The number of nitrogens with two attached hydrogens (primary N) is 1. The van der Waals surface area contributed by atoms with Gasteiger partial charge in [0, 0.05) is 16.3 Å². The van der Waals surface area contributed by atoms with Gasteiger partial charge >= 0.3 is 0 Å². The lowest BCUT2D eigenvalue weighted by atomic mass is 10.1. The Balaban J connectivity index is 2.31. The van der Waals surface area contributed by atoms with E-state index in [0.29, 0.717) is 33.0 Å². The SMILES string of the molecule is Nc1ccc(Cl)cc1-c1nc2ccccc2c(=O)[nH]1. The molecule has 0 aliphatic rings. The molecule has 94 valence electrons. The number of nitrogens with one attached hydrogen (secondary N) is 1. The summed E-state index contributed by atoms with van der Waals surface area (Å²) in [6.45, 7) is 0. The average Bonchev–Trinajstić information content (AvgIpc) is 2.41. The number of aromatic amines is 1. The van der Waals surface area contributed by atoms with Crippen molar-refractivity contribution in [3.8, 4) is 11.4 Å². The number of halogens is 1. The maximum absolute atomic E-state index is 12.0. The summed E-state index contributed by atoms with van der Waals surface area (Å²) in [5.41, 5.74) is 7.46. The van der Waals surface area contributed by atoms with Crippen LogP contribution in [0.25, 0.3) is 22.3 Å². The summed E-state index contributed by atoms with van der Waals surface area (Å²) in [7, 11) is 0. The van der Waals surface area contributed by atoms with Crippen molar-refractivity contribution >= 4 is 28.2 Å². The van der Waals surface area contributed by atoms with Crippen LogP contribution in [0.4, 0.5) is 5.69 Å². The van der Waals surface area contributed by atoms with Crippen LogP contribution in [-0.4, -0.2) is 9.97 Å². The molecule has 1 heterocycles. The predicted molar refractivity (Wildman–Crippen MR) is 77.2 cm³/mol. The van der Waals surface area contributed by atoms with Gasteiger partial charge in [-0.1, -0.05) is 23.7 Å². The van der Waals surface area contributed by atoms with Crippen molar-refractivity contribution in [3.05, 3.63) is 57.8 Å². The monoisotopic (exact) mass is 271 g/mol. The number of hydrogen-bond acceptors (Lipinski definition) is 3. The van der Waals surface area contributed by atoms with E-state index in [1.165, 1.54) is 0 Å². The van der Waals surface area contributed by atoms with Crippen molar-refractivity contribution < 1.29 is 0 Å². The number of H-pyrrole nitrogens is 1. The Bertz CT molecular complexity index is 826. The molecule has 2 aromatic carbocycles. The number of hydrogen-bond donors (Lipinski definition) is 2. The van der Waals surface area contributed by atoms with Gasteiger partial charge in [-0.2, -0.15) is 0 Å². The zero-order chi connectivity index (χ0) is 13.4. The Kier molecular flexibility index (Phi) is 2.72. The molecule has 0 radical (unpaired) electrons. The fraction of sp³-hybridized carbons (Fsp3) is 0. The van der Waals surface area contributed by atoms with Crippen LogP contribution in [0, 0.1) is 0 Å². The van der Waals surface area contributed by atoms with E-state index in [1.54, 1.807) is 36.4 Å². The van der Waals surface area contributed by atoms with E-state index in [9.17, 15) is 4.79 Å². The molecule has 0 unspecified atom stereocenters. The molecule has 0 saturated heterocycles. The van der Waals surface area contributed by atoms with Crippen molar-refractivity contribution in [1.82, 2.24) is 9.97 Å². The second kappa shape index (κ2) is 4.40. The summed E-state index contributed by atoms with van der Waals surface area (Å²) in [5.74, 6) is 0.420. The number of fused-ring (bicyclic) bond motifs is 1. The van der Waals surface area contributed by atoms with E-state index >= 15 is 0 Å². The zero-order valence-corrected chi connectivity index (χ0v) is 10.6. The third kappa shape index (κ3) is 2.06. The van der Waals surface area contributed by atoms with Gasteiger partial charge in [0.2, 0.25) is 0 Å². The second-order valence-electron chi connectivity index (χ2n) is 4.16. The molecule has 0 spiro atoms. The first-order valence-corrected chi connectivity index (χ1v) is 6.07. The summed E-state index contributed by atoms with van der Waals surface area (Å²) in [5, 5.41) is 1.09. The lowest BCUT2D eigenvalue weighted by molar-refractivity contribution is 1.18. The van der Waals surface area contributed by atoms with Crippen molar-refractivity contribution in [2.45, 2.75) is 0 Å². The molecule has 0 atom stereocenters. The molecule has 0 amide bonds. The summed E-state index contributed by atoms with van der Waals surface area (Å²) in [6.07, 6.45) is 0. The Morgan fingerprint density at radius 3 is 2.79 bits per heavy atom. The van der Waals surface area contributed by atoms with Crippen LogP contribution in [0.15, 0.2) is 47.3 Å². The van der Waals surface area contributed by atoms with Gasteiger partial charge < -0.3 is 10.7 Å². The van der Waals surface area contributed by atoms with E-state index in [-0.39, 0.29) is 5.56 Å². The Labute approximate surface area is 113 Å². The molecular weight excluding hydrogens is 262 g/mol. The van der Waals surface area contributed by atoms with Gasteiger partial charge in [-0.25, -0.2) is 4.98 Å². The molecule has 3 aromatic rings. The molecule has 3 rings (SSSR count). The highest BCUT2D eigenvalue weighted by Crippen LogP contribution is 2.26. The van der Waals surface area contributed by atoms with Crippen molar-refractivity contribution in [3.63, 3.8) is 0 Å². The average molecular weight is 272 g/mol. The Morgan fingerprint density at radius 2 is 1.95 bits per heavy atom. The normalized spacial score (nSPS) is 10.8. The lowest BCUT2D eigenvalue weighted by Gasteiger charge is -2.06. The summed E-state index contributed by atoms with van der Waals surface area (Å²) in [4.78, 5) is 19.1. The summed E-state index contributed by atoms with van der Waals surface area (Å²) < 4.78 is 0. The third-order valence-electron chi connectivity index (χ3n) is 2.88. The highest BCUT2D eigenvalue weighted by atomic mass is 35.5. The van der Waals surface area contributed by atoms with Crippen LogP contribution in [0.2, 0.25) is 5.02 Å². The van der Waals surface area contributed by atoms with Gasteiger partial charge in [0.05, 0.1) is 10.9 Å². The molecule has 0 aliphatic carbocycles.